The van der Waals surface area contributed by atoms with Gasteiger partial charge in [-0.1, -0.05) is 17.7 Å². The molecule has 0 spiro atoms. The van der Waals surface area contributed by atoms with Crippen LogP contribution in [0.4, 0.5) is 4.39 Å². The Kier molecular flexibility index (Phi) is 3.10. The summed E-state index contributed by atoms with van der Waals surface area (Å²) in [5.74, 6) is 3.67. The van der Waals surface area contributed by atoms with Crippen molar-refractivity contribution in [2.75, 3.05) is 0 Å². The zero-order chi connectivity index (χ0) is 13.7. The molecule has 0 heterocycles. The Balaban J connectivity index is 1.46. The molecule has 1 N–H and O–H groups in total. The lowest BCUT2D eigenvalue weighted by atomic mass is 9.54. The largest absolute Gasteiger partial charge is 0.309 e. The summed E-state index contributed by atoms with van der Waals surface area (Å²) in [7, 11) is 0. The topological polar surface area (TPSA) is 12.0 Å². The van der Waals surface area contributed by atoms with Gasteiger partial charge in [-0.2, -0.15) is 0 Å². The number of rotatable bonds is 3. The molecule has 4 saturated carbocycles. The van der Waals surface area contributed by atoms with Crippen LogP contribution >= 0.6 is 0 Å². The first-order valence-corrected chi connectivity index (χ1v) is 8.17. The van der Waals surface area contributed by atoms with Crippen LogP contribution in [0.15, 0.2) is 18.2 Å². The molecule has 20 heavy (non-hydrogen) atoms. The van der Waals surface area contributed by atoms with E-state index in [0.29, 0.717) is 12.6 Å². The zero-order valence-corrected chi connectivity index (χ0v) is 12.2. The molecule has 0 atom stereocenters. The van der Waals surface area contributed by atoms with Gasteiger partial charge in [-0.05, 0) is 68.8 Å². The number of hydrogen-bond acceptors (Lipinski definition) is 1. The molecular weight excluding hydrogens is 249 g/mol. The van der Waals surface area contributed by atoms with Gasteiger partial charge in [-0.25, -0.2) is 4.39 Å². The Morgan fingerprint density at radius 1 is 1.05 bits per heavy atom. The smallest absolute Gasteiger partial charge is 0.127 e. The molecule has 0 aliphatic heterocycles. The molecule has 0 amide bonds. The van der Waals surface area contributed by atoms with Crippen molar-refractivity contribution in [3.8, 4) is 0 Å². The van der Waals surface area contributed by atoms with E-state index in [2.05, 4.69) is 5.32 Å². The summed E-state index contributed by atoms with van der Waals surface area (Å²) in [5.41, 5.74) is 1.98. The van der Waals surface area contributed by atoms with Crippen molar-refractivity contribution in [3.63, 3.8) is 0 Å². The second-order valence-corrected chi connectivity index (χ2v) is 7.43. The van der Waals surface area contributed by atoms with Gasteiger partial charge in [-0.15, -0.1) is 0 Å². The van der Waals surface area contributed by atoms with Crippen LogP contribution in [0.1, 0.15) is 43.2 Å². The standard InChI is InChI=1S/C18H24FN/c1-11-2-3-17(19)16(4-11)10-20-18-14-6-12-5-13(8-14)9-15(18)7-12/h2-4,12-15,18,20H,5-10H2,1H3. The maximum atomic E-state index is 13.8. The van der Waals surface area contributed by atoms with E-state index in [1.54, 1.807) is 6.07 Å². The van der Waals surface area contributed by atoms with Crippen LogP contribution in [-0.4, -0.2) is 6.04 Å². The summed E-state index contributed by atoms with van der Waals surface area (Å²) >= 11 is 0. The Bertz CT molecular complexity index is 482. The van der Waals surface area contributed by atoms with Crippen LogP contribution in [0.2, 0.25) is 0 Å². The van der Waals surface area contributed by atoms with Crippen molar-refractivity contribution in [2.24, 2.45) is 23.7 Å². The third-order valence-electron chi connectivity index (χ3n) is 5.96. The lowest BCUT2D eigenvalue weighted by Gasteiger charge is -2.54. The van der Waals surface area contributed by atoms with E-state index in [9.17, 15) is 4.39 Å². The Labute approximate surface area is 121 Å². The monoisotopic (exact) mass is 273 g/mol. The third-order valence-corrected chi connectivity index (χ3v) is 5.96. The molecule has 4 aliphatic rings. The zero-order valence-electron chi connectivity index (χ0n) is 12.2. The predicted molar refractivity (Wildman–Crippen MR) is 78.8 cm³/mol. The van der Waals surface area contributed by atoms with Gasteiger partial charge in [0.05, 0.1) is 0 Å². The highest BCUT2D eigenvalue weighted by atomic mass is 19.1. The van der Waals surface area contributed by atoms with Crippen molar-refractivity contribution in [1.29, 1.82) is 0 Å². The van der Waals surface area contributed by atoms with Gasteiger partial charge in [-0.3, -0.25) is 0 Å². The molecule has 0 aromatic heterocycles. The Hall–Kier alpha value is -0.890. The number of halogens is 1. The number of benzene rings is 1. The van der Waals surface area contributed by atoms with Crippen molar-refractivity contribution >= 4 is 0 Å². The van der Waals surface area contributed by atoms with Crippen LogP contribution in [0.5, 0.6) is 0 Å². The minimum Gasteiger partial charge on any atom is -0.309 e. The lowest BCUT2D eigenvalue weighted by Crippen LogP contribution is -2.54. The summed E-state index contributed by atoms with van der Waals surface area (Å²) in [4.78, 5) is 0. The molecule has 5 rings (SSSR count). The van der Waals surface area contributed by atoms with Gasteiger partial charge in [0, 0.05) is 18.2 Å². The quantitative estimate of drug-likeness (QED) is 0.876. The average Bonchev–Trinajstić information content (AvgIpc) is 2.41. The van der Waals surface area contributed by atoms with Gasteiger partial charge in [0.15, 0.2) is 0 Å². The minimum absolute atomic E-state index is 0.0630. The summed E-state index contributed by atoms with van der Waals surface area (Å²) in [6, 6.07) is 6.08. The minimum atomic E-state index is -0.0630. The van der Waals surface area contributed by atoms with Crippen molar-refractivity contribution < 1.29 is 4.39 Å². The molecule has 4 aliphatic carbocycles. The fourth-order valence-corrected chi connectivity index (χ4v) is 5.33. The van der Waals surface area contributed by atoms with E-state index < -0.39 is 0 Å². The maximum absolute atomic E-state index is 13.8. The van der Waals surface area contributed by atoms with Crippen LogP contribution in [0, 0.1) is 36.4 Å². The SMILES string of the molecule is Cc1ccc(F)c(CNC2C3CC4CC(C3)CC2C4)c1. The summed E-state index contributed by atoms with van der Waals surface area (Å²) in [5, 5.41) is 3.71. The number of hydrogen-bond donors (Lipinski definition) is 1. The fraction of sp³-hybridized carbons (Fsp3) is 0.667. The normalized spacial score (nSPS) is 38.4. The van der Waals surface area contributed by atoms with Gasteiger partial charge in [0.1, 0.15) is 5.82 Å². The average molecular weight is 273 g/mol. The van der Waals surface area contributed by atoms with Crippen LogP contribution in [-0.2, 0) is 6.54 Å². The van der Waals surface area contributed by atoms with E-state index in [1.807, 2.05) is 19.1 Å². The molecule has 4 bridgehead atoms. The van der Waals surface area contributed by atoms with Crippen LogP contribution in [0.3, 0.4) is 0 Å². The van der Waals surface area contributed by atoms with E-state index in [1.165, 1.54) is 32.1 Å². The first-order valence-electron chi connectivity index (χ1n) is 8.17. The van der Waals surface area contributed by atoms with E-state index in [-0.39, 0.29) is 5.82 Å². The van der Waals surface area contributed by atoms with Gasteiger partial charge < -0.3 is 5.32 Å². The second-order valence-electron chi connectivity index (χ2n) is 7.43. The summed E-state index contributed by atoms with van der Waals surface area (Å²) in [6.07, 6.45) is 7.16. The Morgan fingerprint density at radius 2 is 1.70 bits per heavy atom. The molecule has 0 radical (unpaired) electrons. The molecule has 2 heteroatoms. The van der Waals surface area contributed by atoms with Gasteiger partial charge >= 0.3 is 0 Å². The molecule has 1 aromatic rings. The highest BCUT2D eigenvalue weighted by Gasteiger charge is 2.47. The maximum Gasteiger partial charge on any atom is 0.127 e. The third kappa shape index (κ3) is 2.18. The molecule has 0 saturated heterocycles. The first-order chi connectivity index (χ1) is 9.69. The van der Waals surface area contributed by atoms with Crippen molar-refractivity contribution in [2.45, 2.75) is 51.6 Å². The molecule has 4 fully saturated rings. The van der Waals surface area contributed by atoms with E-state index in [4.69, 9.17) is 0 Å². The summed E-state index contributed by atoms with van der Waals surface area (Å²) in [6.45, 7) is 2.73. The Morgan fingerprint density at radius 3 is 2.35 bits per heavy atom. The molecule has 1 nitrogen and oxygen atoms in total. The van der Waals surface area contributed by atoms with Crippen molar-refractivity contribution in [1.82, 2.24) is 5.32 Å². The molecular formula is C18H24FN. The van der Waals surface area contributed by atoms with Gasteiger partial charge in [0.25, 0.3) is 0 Å². The number of aryl methyl sites for hydroxylation is 1. The van der Waals surface area contributed by atoms with Crippen molar-refractivity contribution in [3.05, 3.63) is 35.1 Å². The van der Waals surface area contributed by atoms with Crippen LogP contribution < -0.4 is 5.32 Å². The van der Waals surface area contributed by atoms with Gasteiger partial charge in [0.2, 0.25) is 0 Å². The second kappa shape index (κ2) is 4.84. The summed E-state index contributed by atoms with van der Waals surface area (Å²) < 4.78 is 13.8. The number of nitrogens with one attached hydrogen (secondary N) is 1. The van der Waals surface area contributed by atoms with E-state index in [0.717, 1.165) is 34.8 Å². The van der Waals surface area contributed by atoms with Crippen LogP contribution in [0.25, 0.3) is 0 Å². The first kappa shape index (κ1) is 12.8. The highest BCUT2D eigenvalue weighted by molar-refractivity contribution is 5.24. The van der Waals surface area contributed by atoms with E-state index >= 15 is 0 Å². The molecule has 0 unspecified atom stereocenters. The fourth-order valence-electron chi connectivity index (χ4n) is 5.33. The lowest BCUT2D eigenvalue weighted by molar-refractivity contribution is -0.0143. The highest BCUT2D eigenvalue weighted by Crippen LogP contribution is 2.53. The predicted octanol–water partition coefficient (Wildman–Crippen LogP) is 4.05. The molecule has 108 valence electrons. The molecule has 1 aromatic carbocycles.